The first-order chi connectivity index (χ1) is 6.07. The van der Waals surface area contributed by atoms with E-state index in [-0.39, 0.29) is 20.8 Å². The largest absolute Gasteiger partial charge is 0.377 e. The van der Waals surface area contributed by atoms with E-state index in [0.717, 1.165) is 0 Å². The van der Waals surface area contributed by atoms with Crippen LogP contribution in [0.1, 0.15) is 10.5 Å². The van der Waals surface area contributed by atoms with Gasteiger partial charge in [-0.25, -0.2) is 9.78 Å². The Morgan fingerprint density at radius 1 is 1.38 bits per heavy atom. The molecule has 0 spiro atoms. The van der Waals surface area contributed by atoms with Gasteiger partial charge in [-0.3, -0.25) is 0 Å². The molecular formula is C6H3Cl3N2O2. The Morgan fingerprint density at radius 2 is 2.00 bits per heavy atom. The van der Waals surface area contributed by atoms with E-state index >= 15 is 0 Å². The van der Waals surface area contributed by atoms with Gasteiger partial charge in [0, 0.05) is 6.20 Å². The number of nitrogens with zero attached hydrogens (tertiary/aromatic N) is 1. The summed E-state index contributed by atoms with van der Waals surface area (Å²) in [5.41, 5.74) is -0.168. The Balaban J connectivity index is 3.26. The van der Waals surface area contributed by atoms with E-state index in [1.165, 1.54) is 6.20 Å². The highest BCUT2D eigenvalue weighted by atomic mass is 35.5. The lowest BCUT2D eigenvalue weighted by Crippen LogP contribution is -2.12. The number of aromatic nitrogens is 1. The quantitative estimate of drug-likeness (QED) is 0.765. The zero-order valence-electron chi connectivity index (χ0n) is 6.05. The summed E-state index contributed by atoms with van der Waals surface area (Å²) < 4.78 is 0. The van der Waals surface area contributed by atoms with Gasteiger partial charge in [0.15, 0.2) is 5.69 Å². The van der Waals surface area contributed by atoms with Crippen LogP contribution in [-0.2, 0) is 4.84 Å². The second-order valence-corrected chi connectivity index (χ2v) is 3.15. The molecule has 1 rings (SSSR count). The number of carbonyl (C=O) groups excluding carboxylic acids is 1. The lowest BCUT2D eigenvalue weighted by Gasteiger charge is -2.02. The summed E-state index contributed by atoms with van der Waals surface area (Å²) in [6.07, 6.45) is 1.18. The van der Waals surface area contributed by atoms with Crippen LogP contribution in [0.5, 0.6) is 0 Å². The second-order valence-electron chi connectivity index (χ2n) is 1.99. The average Bonchev–Trinajstić information content (AvgIpc) is 2.13. The van der Waals surface area contributed by atoms with Crippen LogP contribution in [-0.4, -0.2) is 11.0 Å². The van der Waals surface area contributed by atoms with Gasteiger partial charge in [0.2, 0.25) is 0 Å². The SMILES string of the molecule is NOC(=O)c1ncc(Cl)c(Cl)c1Cl. The molecule has 1 aromatic rings. The van der Waals surface area contributed by atoms with Gasteiger partial charge in [0.25, 0.3) is 0 Å². The molecule has 0 unspecified atom stereocenters. The van der Waals surface area contributed by atoms with E-state index in [1.54, 1.807) is 0 Å². The maximum Gasteiger partial charge on any atom is 0.377 e. The standard InChI is InChI=1S/C6H3Cl3N2O2/c7-2-1-11-5(6(12)13-10)4(9)3(2)8/h1H,10H2. The van der Waals surface area contributed by atoms with Crippen LogP contribution in [0, 0.1) is 0 Å². The Hall–Kier alpha value is -0.550. The zero-order chi connectivity index (χ0) is 10.0. The van der Waals surface area contributed by atoms with Crippen LogP contribution < -0.4 is 5.90 Å². The molecule has 0 saturated carbocycles. The zero-order valence-corrected chi connectivity index (χ0v) is 8.32. The number of hydrogen-bond acceptors (Lipinski definition) is 4. The molecular weight excluding hydrogens is 238 g/mol. The molecule has 13 heavy (non-hydrogen) atoms. The molecule has 70 valence electrons. The first kappa shape index (κ1) is 10.5. The van der Waals surface area contributed by atoms with Crippen molar-refractivity contribution in [3.8, 4) is 0 Å². The molecule has 0 aliphatic heterocycles. The normalized spacial score (nSPS) is 9.85. The molecule has 7 heteroatoms. The highest BCUT2D eigenvalue weighted by molar-refractivity contribution is 6.48. The van der Waals surface area contributed by atoms with Crippen molar-refractivity contribution in [2.75, 3.05) is 0 Å². The first-order valence-corrected chi connectivity index (χ1v) is 4.12. The van der Waals surface area contributed by atoms with Gasteiger partial charge in [-0.2, -0.15) is 5.90 Å². The molecule has 0 fully saturated rings. The third-order valence-corrected chi connectivity index (χ3v) is 2.46. The van der Waals surface area contributed by atoms with Crippen molar-refractivity contribution in [2.24, 2.45) is 5.90 Å². The fraction of sp³-hybridized carbons (Fsp3) is 0. The summed E-state index contributed by atoms with van der Waals surface area (Å²) in [5.74, 6) is 3.77. The predicted molar refractivity (Wildman–Crippen MR) is 48.9 cm³/mol. The van der Waals surface area contributed by atoms with Gasteiger partial charge in [-0.1, -0.05) is 34.8 Å². The second kappa shape index (κ2) is 4.11. The minimum Gasteiger partial charge on any atom is -0.368 e. The first-order valence-electron chi connectivity index (χ1n) is 2.98. The van der Waals surface area contributed by atoms with Crippen molar-refractivity contribution in [3.63, 3.8) is 0 Å². The van der Waals surface area contributed by atoms with E-state index in [1.807, 2.05) is 0 Å². The molecule has 0 aliphatic rings. The molecule has 1 aromatic heterocycles. The van der Waals surface area contributed by atoms with Gasteiger partial charge < -0.3 is 4.84 Å². The summed E-state index contributed by atoms with van der Waals surface area (Å²) in [6.45, 7) is 0. The van der Waals surface area contributed by atoms with E-state index in [4.69, 9.17) is 34.8 Å². The van der Waals surface area contributed by atoms with Crippen molar-refractivity contribution in [1.29, 1.82) is 0 Å². The fourth-order valence-corrected chi connectivity index (χ4v) is 1.20. The number of carbonyl (C=O) groups is 1. The molecule has 0 bridgehead atoms. The van der Waals surface area contributed by atoms with Crippen molar-refractivity contribution in [3.05, 3.63) is 27.0 Å². The Kier molecular flexibility index (Phi) is 3.33. The smallest absolute Gasteiger partial charge is 0.368 e. The number of nitrogens with two attached hydrogens (primary N) is 1. The van der Waals surface area contributed by atoms with Crippen LogP contribution in [0.15, 0.2) is 6.20 Å². The maximum atomic E-state index is 10.9. The lowest BCUT2D eigenvalue weighted by molar-refractivity contribution is 0.0497. The Labute approximate surface area is 88.5 Å². The summed E-state index contributed by atoms with van der Waals surface area (Å²) in [4.78, 5) is 18.4. The van der Waals surface area contributed by atoms with Crippen LogP contribution in [0.2, 0.25) is 15.1 Å². The Morgan fingerprint density at radius 3 is 2.54 bits per heavy atom. The van der Waals surface area contributed by atoms with Crippen molar-refractivity contribution >= 4 is 40.8 Å². The number of rotatable bonds is 1. The van der Waals surface area contributed by atoms with E-state index < -0.39 is 5.97 Å². The molecule has 0 amide bonds. The molecule has 0 aromatic carbocycles. The number of halogens is 3. The van der Waals surface area contributed by atoms with E-state index in [0.29, 0.717) is 0 Å². The summed E-state index contributed by atoms with van der Waals surface area (Å²) in [7, 11) is 0. The third kappa shape index (κ3) is 2.03. The topological polar surface area (TPSA) is 65.2 Å². The average molecular weight is 241 g/mol. The Bertz CT molecular complexity index is 356. The molecule has 1 heterocycles. The fourth-order valence-electron chi connectivity index (χ4n) is 0.641. The maximum absolute atomic E-state index is 10.9. The molecule has 0 saturated heterocycles. The van der Waals surface area contributed by atoms with Crippen molar-refractivity contribution in [1.82, 2.24) is 4.98 Å². The lowest BCUT2D eigenvalue weighted by atomic mass is 10.3. The highest BCUT2D eigenvalue weighted by Crippen LogP contribution is 2.31. The number of pyridine rings is 1. The van der Waals surface area contributed by atoms with Gasteiger partial charge in [-0.05, 0) is 0 Å². The highest BCUT2D eigenvalue weighted by Gasteiger charge is 2.17. The monoisotopic (exact) mass is 240 g/mol. The van der Waals surface area contributed by atoms with E-state index in [2.05, 4.69) is 15.7 Å². The summed E-state index contributed by atoms with van der Waals surface area (Å²) >= 11 is 16.8. The molecule has 2 N–H and O–H groups in total. The van der Waals surface area contributed by atoms with E-state index in [9.17, 15) is 4.79 Å². The molecule has 0 radical (unpaired) electrons. The summed E-state index contributed by atoms with van der Waals surface area (Å²) in [5, 5.41) is 0.114. The summed E-state index contributed by atoms with van der Waals surface area (Å²) in [6, 6.07) is 0. The predicted octanol–water partition coefficient (Wildman–Crippen LogP) is 2.07. The van der Waals surface area contributed by atoms with Crippen LogP contribution in [0.3, 0.4) is 0 Å². The van der Waals surface area contributed by atoms with Gasteiger partial charge in [-0.15, -0.1) is 0 Å². The third-order valence-electron chi connectivity index (χ3n) is 1.22. The molecule has 4 nitrogen and oxygen atoms in total. The van der Waals surface area contributed by atoms with Crippen molar-refractivity contribution in [2.45, 2.75) is 0 Å². The van der Waals surface area contributed by atoms with Gasteiger partial charge >= 0.3 is 5.97 Å². The number of hydrogen-bond donors (Lipinski definition) is 1. The molecule has 0 aliphatic carbocycles. The van der Waals surface area contributed by atoms with Crippen LogP contribution in [0.4, 0.5) is 0 Å². The van der Waals surface area contributed by atoms with Crippen molar-refractivity contribution < 1.29 is 9.63 Å². The van der Waals surface area contributed by atoms with Gasteiger partial charge in [0.05, 0.1) is 15.1 Å². The minimum atomic E-state index is -0.872. The molecule has 0 atom stereocenters. The van der Waals surface area contributed by atoms with Crippen LogP contribution >= 0.6 is 34.8 Å². The minimum absolute atomic E-state index is 0.0405. The van der Waals surface area contributed by atoms with Crippen LogP contribution in [0.25, 0.3) is 0 Å². The van der Waals surface area contributed by atoms with Gasteiger partial charge in [0.1, 0.15) is 0 Å².